The molecule has 0 bridgehead atoms. The van der Waals surface area contributed by atoms with Crippen molar-refractivity contribution in [3.05, 3.63) is 12.7 Å². The van der Waals surface area contributed by atoms with Crippen LogP contribution in [0.5, 0.6) is 0 Å². The molecule has 2 fully saturated rings. The van der Waals surface area contributed by atoms with Gasteiger partial charge in [-0.25, -0.2) is 0 Å². The number of hydrogen-bond acceptors (Lipinski definition) is 3. The summed E-state index contributed by atoms with van der Waals surface area (Å²) < 4.78 is 21.0. The zero-order valence-corrected chi connectivity index (χ0v) is 7.59. The van der Waals surface area contributed by atoms with Gasteiger partial charge in [-0.15, -0.1) is 6.58 Å². The summed E-state index contributed by atoms with van der Waals surface area (Å²) in [5.41, 5.74) is 0. The summed E-state index contributed by atoms with van der Waals surface area (Å²) in [5, 5.41) is 0. The maximum atomic E-state index is 10.8. The van der Waals surface area contributed by atoms with Crippen molar-refractivity contribution in [2.24, 2.45) is 5.92 Å². The van der Waals surface area contributed by atoms with E-state index < -0.39 is 11.4 Å². The van der Waals surface area contributed by atoms with Crippen molar-refractivity contribution in [2.45, 2.75) is 31.5 Å². The van der Waals surface area contributed by atoms with Gasteiger partial charge in [-0.2, -0.15) is 4.21 Å². The van der Waals surface area contributed by atoms with Crippen LogP contribution in [0.1, 0.15) is 19.3 Å². The van der Waals surface area contributed by atoms with E-state index in [1.165, 1.54) is 0 Å². The van der Waals surface area contributed by atoms with E-state index in [4.69, 9.17) is 8.37 Å². The monoisotopic (exact) mass is 188 g/mol. The van der Waals surface area contributed by atoms with Crippen LogP contribution in [0.3, 0.4) is 0 Å². The van der Waals surface area contributed by atoms with Crippen LogP contribution in [0.25, 0.3) is 0 Å². The van der Waals surface area contributed by atoms with E-state index in [0.717, 1.165) is 19.3 Å². The van der Waals surface area contributed by atoms with Crippen LogP contribution in [0, 0.1) is 5.92 Å². The van der Waals surface area contributed by atoms with Crippen LogP contribution in [-0.4, -0.2) is 16.4 Å². The van der Waals surface area contributed by atoms with Gasteiger partial charge in [-0.05, 0) is 25.2 Å². The van der Waals surface area contributed by atoms with E-state index in [9.17, 15) is 4.21 Å². The Balaban J connectivity index is 2.01. The predicted molar refractivity (Wildman–Crippen MR) is 45.4 cm³/mol. The Morgan fingerprint density at radius 1 is 1.33 bits per heavy atom. The average molecular weight is 188 g/mol. The maximum Gasteiger partial charge on any atom is 0.305 e. The van der Waals surface area contributed by atoms with Crippen molar-refractivity contribution >= 4 is 11.4 Å². The minimum absolute atomic E-state index is 0.0302. The molecule has 2 aliphatic rings. The molecule has 0 radical (unpaired) electrons. The molecule has 1 saturated heterocycles. The molecule has 1 heterocycles. The Morgan fingerprint density at radius 3 is 2.83 bits per heavy atom. The molecule has 2 rings (SSSR count). The van der Waals surface area contributed by atoms with Crippen molar-refractivity contribution in [1.29, 1.82) is 0 Å². The quantitative estimate of drug-likeness (QED) is 0.582. The number of hydrogen-bond donors (Lipinski definition) is 0. The number of fused-ring (bicyclic) bond motifs is 1. The fourth-order valence-corrected chi connectivity index (χ4v) is 2.65. The maximum absolute atomic E-state index is 10.8. The lowest BCUT2D eigenvalue weighted by molar-refractivity contribution is 0.0933. The zero-order chi connectivity index (χ0) is 8.55. The highest BCUT2D eigenvalue weighted by Gasteiger charge is 2.39. The minimum atomic E-state index is -1.49. The summed E-state index contributed by atoms with van der Waals surface area (Å²) in [4.78, 5) is 0. The summed E-state index contributed by atoms with van der Waals surface area (Å²) in [6.07, 6.45) is 4.95. The fourth-order valence-electron chi connectivity index (χ4n) is 1.78. The molecule has 0 amide bonds. The first-order chi connectivity index (χ1) is 5.79. The normalized spacial score (nSPS) is 47.0. The lowest BCUT2D eigenvalue weighted by Gasteiger charge is -2.25. The Morgan fingerprint density at radius 2 is 2.08 bits per heavy atom. The summed E-state index contributed by atoms with van der Waals surface area (Å²) in [5.74, 6) is 0.505. The second-order valence-electron chi connectivity index (χ2n) is 3.28. The molecule has 0 aromatic rings. The molecule has 1 aliphatic carbocycles. The molecule has 3 nitrogen and oxygen atoms in total. The van der Waals surface area contributed by atoms with Crippen molar-refractivity contribution in [1.82, 2.24) is 0 Å². The number of allylic oxidation sites excluding steroid dienone is 1. The highest BCUT2D eigenvalue weighted by Crippen LogP contribution is 2.34. The van der Waals surface area contributed by atoms with Crippen LogP contribution < -0.4 is 0 Å². The van der Waals surface area contributed by atoms with Gasteiger partial charge in [-0.1, -0.05) is 6.08 Å². The molecule has 0 spiro atoms. The molecule has 0 aromatic carbocycles. The molecule has 1 saturated carbocycles. The molecule has 0 aromatic heterocycles. The van der Waals surface area contributed by atoms with Crippen molar-refractivity contribution in [3.8, 4) is 0 Å². The third-order valence-electron chi connectivity index (χ3n) is 2.51. The Labute approximate surface area is 74.6 Å². The largest absolute Gasteiger partial charge is 0.305 e. The predicted octanol–water partition coefficient (Wildman–Crippen LogP) is 1.34. The molecular weight excluding hydrogens is 176 g/mol. The van der Waals surface area contributed by atoms with Gasteiger partial charge in [0, 0.05) is 0 Å². The van der Waals surface area contributed by atoms with Crippen molar-refractivity contribution in [3.63, 3.8) is 0 Å². The van der Waals surface area contributed by atoms with Crippen LogP contribution in [0.15, 0.2) is 12.7 Å². The summed E-state index contributed by atoms with van der Waals surface area (Å²) in [7, 11) is 0. The topological polar surface area (TPSA) is 35.5 Å². The van der Waals surface area contributed by atoms with Gasteiger partial charge >= 0.3 is 11.4 Å². The average Bonchev–Trinajstić information content (AvgIpc) is 2.43. The Kier molecular flexibility index (Phi) is 2.30. The highest BCUT2D eigenvalue weighted by molar-refractivity contribution is 7.75. The second-order valence-corrected chi connectivity index (χ2v) is 4.08. The van der Waals surface area contributed by atoms with E-state index in [2.05, 4.69) is 6.58 Å². The molecule has 4 unspecified atom stereocenters. The summed E-state index contributed by atoms with van der Waals surface area (Å²) in [6.45, 7) is 3.75. The van der Waals surface area contributed by atoms with E-state index in [0.29, 0.717) is 5.92 Å². The van der Waals surface area contributed by atoms with Crippen LogP contribution >= 0.6 is 0 Å². The van der Waals surface area contributed by atoms with Gasteiger partial charge in [0.05, 0.1) is 0 Å². The summed E-state index contributed by atoms with van der Waals surface area (Å²) in [6, 6.07) is 0. The third-order valence-corrected chi connectivity index (χ3v) is 3.32. The molecule has 1 aliphatic heterocycles. The van der Waals surface area contributed by atoms with E-state index in [-0.39, 0.29) is 12.2 Å². The SMILES string of the molecule is C=CC1CCC2OS(=O)OC2C1. The van der Waals surface area contributed by atoms with E-state index in [1.54, 1.807) is 0 Å². The van der Waals surface area contributed by atoms with Gasteiger partial charge in [0.15, 0.2) is 0 Å². The lowest BCUT2D eigenvalue weighted by atomic mass is 9.86. The van der Waals surface area contributed by atoms with E-state index in [1.807, 2.05) is 6.08 Å². The number of rotatable bonds is 1. The zero-order valence-electron chi connectivity index (χ0n) is 6.77. The van der Waals surface area contributed by atoms with Gasteiger partial charge in [0.1, 0.15) is 12.2 Å². The second kappa shape index (κ2) is 3.28. The first kappa shape index (κ1) is 8.41. The van der Waals surface area contributed by atoms with Gasteiger partial charge in [0.25, 0.3) is 0 Å². The molecule has 0 N–H and O–H groups in total. The highest BCUT2D eigenvalue weighted by atomic mass is 32.2. The van der Waals surface area contributed by atoms with Crippen LogP contribution in [0.4, 0.5) is 0 Å². The van der Waals surface area contributed by atoms with Gasteiger partial charge in [0.2, 0.25) is 0 Å². The summed E-state index contributed by atoms with van der Waals surface area (Å²) >= 11 is -1.49. The fraction of sp³-hybridized carbons (Fsp3) is 0.750. The standard InChI is InChI=1S/C8H12O3S/c1-2-6-3-4-7-8(5-6)11-12(9)10-7/h2,6-8H,1,3-5H2. The van der Waals surface area contributed by atoms with Gasteiger partial charge < -0.3 is 0 Å². The van der Waals surface area contributed by atoms with Gasteiger partial charge in [-0.3, -0.25) is 8.37 Å². The Hall–Kier alpha value is -0.190. The molecular formula is C8H12O3S. The van der Waals surface area contributed by atoms with Crippen molar-refractivity contribution in [2.75, 3.05) is 0 Å². The van der Waals surface area contributed by atoms with Crippen LogP contribution in [-0.2, 0) is 19.7 Å². The third kappa shape index (κ3) is 1.46. The smallest absolute Gasteiger partial charge is 0.262 e. The first-order valence-corrected chi connectivity index (χ1v) is 5.18. The first-order valence-electron chi connectivity index (χ1n) is 4.18. The van der Waals surface area contributed by atoms with Crippen LogP contribution in [0.2, 0.25) is 0 Å². The van der Waals surface area contributed by atoms with Crippen molar-refractivity contribution < 1.29 is 12.6 Å². The Bertz CT molecular complexity index is 216. The van der Waals surface area contributed by atoms with E-state index >= 15 is 0 Å². The molecule has 68 valence electrons. The molecule has 12 heavy (non-hydrogen) atoms. The lowest BCUT2D eigenvalue weighted by Crippen LogP contribution is -2.30. The molecule has 4 heteroatoms. The minimum Gasteiger partial charge on any atom is -0.262 e. The molecule has 4 atom stereocenters.